The fraction of sp³-hybridized carbons (Fsp3) is 0.333. The third kappa shape index (κ3) is 9.89. The maximum Gasteiger partial charge on any atom is 0.417 e. The van der Waals surface area contributed by atoms with Crippen LogP contribution in [0.5, 0.6) is 5.75 Å². The molecule has 1 heterocycles. The summed E-state index contributed by atoms with van der Waals surface area (Å²) in [5.41, 5.74) is 2.98. The number of nitrogens with one attached hydrogen (secondary N) is 1. The van der Waals surface area contributed by atoms with Gasteiger partial charge in [0.25, 0.3) is 0 Å². The van der Waals surface area contributed by atoms with Crippen molar-refractivity contribution in [1.29, 1.82) is 0 Å². The van der Waals surface area contributed by atoms with Gasteiger partial charge in [-0.25, -0.2) is 18.5 Å². The molecule has 0 aromatic heterocycles. The molecule has 0 bridgehead atoms. The highest BCUT2D eigenvalue weighted by Gasteiger charge is 2.44. The van der Waals surface area contributed by atoms with Gasteiger partial charge in [0.1, 0.15) is 30.0 Å². The summed E-state index contributed by atoms with van der Waals surface area (Å²) in [5.74, 6) is -1.23. The minimum atomic E-state index is -2.12. The van der Waals surface area contributed by atoms with Crippen molar-refractivity contribution in [1.82, 2.24) is 4.90 Å². The van der Waals surface area contributed by atoms with Gasteiger partial charge in [0, 0.05) is 5.69 Å². The second kappa shape index (κ2) is 15.7. The number of carbonyl (C=O) groups excluding carboxylic acids is 2. The summed E-state index contributed by atoms with van der Waals surface area (Å²) in [6, 6.07) is 27.9. The molecule has 0 aliphatic carbocycles. The Kier molecular flexibility index (Phi) is 11.6. The first kappa shape index (κ1) is 36.9. The predicted molar refractivity (Wildman–Crippen MR) is 197 cm³/mol. The minimum absolute atomic E-state index is 0.0387. The Bertz CT molecular complexity index is 1730. The first-order chi connectivity index (χ1) is 23.7. The van der Waals surface area contributed by atoms with Gasteiger partial charge < -0.3 is 18.9 Å². The molecule has 0 saturated carbocycles. The lowest BCUT2D eigenvalue weighted by Crippen LogP contribution is -2.42. The van der Waals surface area contributed by atoms with Crippen molar-refractivity contribution in [3.63, 3.8) is 0 Å². The second-order valence-corrected chi connectivity index (χ2v) is 23.5. The summed E-state index contributed by atoms with van der Waals surface area (Å²) >= 11 is 0. The molecule has 4 aromatic carbocycles. The standard InChI is InChI=1S/C39H46F2N2O5Si2/c1-49(2,3)47-33-22-14-29(15-23-33)37(42-32-20-18-31(41)19-21-32)34(24-25-36(48-50(4,5)6)28-12-16-30(40)17-13-28)38(44)43-35(26-46-39(43)45)27-10-8-7-9-11-27/h7-23,34-37,42H,24-26H2,1-6H3/t34-,35-,36+,37-/m1/s1/i14+1,15+1,22+1,23+1,29+1,33+1. The summed E-state index contributed by atoms with van der Waals surface area (Å²) in [6.07, 6.45) is -0.430. The third-order valence-corrected chi connectivity index (χ3v) is 10.2. The predicted octanol–water partition coefficient (Wildman–Crippen LogP) is 10.0. The van der Waals surface area contributed by atoms with Crippen LogP contribution in [0.1, 0.15) is 47.7 Å². The van der Waals surface area contributed by atoms with Crippen molar-refractivity contribution in [2.75, 3.05) is 11.9 Å². The summed E-state index contributed by atoms with van der Waals surface area (Å²) in [4.78, 5) is 29.6. The van der Waals surface area contributed by atoms with Gasteiger partial charge in [-0.2, -0.15) is 0 Å². The molecule has 5 rings (SSSR count). The molecule has 11 heteroatoms. The topological polar surface area (TPSA) is 77.1 Å². The maximum atomic E-state index is 15.0. The summed E-state index contributed by atoms with van der Waals surface area (Å²) < 4.78 is 46.3. The number of benzene rings is 4. The molecule has 0 unspecified atom stereocenters. The highest BCUT2D eigenvalue weighted by atomic mass is 28.4. The van der Waals surface area contributed by atoms with Gasteiger partial charge in [0.05, 0.1) is 18.1 Å². The molecule has 1 N–H and O–H groups in total. The van der Waals surface area contributed by atoms with Crippen LogP contribution in [0, 0.1) is 17.6 Å². The van der Waals surface area contributed by atoms with Crippen molar-refractivity contribution in [2.24, 2.45) is 5.92 Å². The smallest absolute Gasteiger partial charge is 0.417 e. The van der Waals surface area contributed by atoms with Gasteiger partial charge in [-0.15, -0.1) is 0 Å². The summed E-state index contributed by atoms with van der Waals surface area (Å²) in [5, 5.41) is 3.50. The van der Waals surface area contributed by atoms with Crippen LogP contribution >= 0.6 is 0 Å². The maximum absolute atomic E-state index is 15.0. The highest BCUT2D eigenvalue weighted by Crippen LogP contribution is 2.39. The van der Waals surface area contributed by atoms with E-state index in [9.17, 15) is 18.4 Å². The van der Waals surface area contributed by atoms with Gasteiger partial charge in [0.15, 0.2) is 8.32 Å². The Labute approximate surface area is 295 Å². The van der Waals surface area contributed by atoms with E-state index in [0.717, 1.165) is 22.4 Å². The van der Waals surface area contributed by atoms with Crippen molar-refractivity contribution in [3.05, 3.63) is 131 Å². The monoisotopic (exact) mass is 722 g/mol. The average molecular weight is 723 g/mol. The first-order valence-corrected chi connectivity index (χ1v) is 23.8. The van der Waals surface area contributed by atoms with Gasteiger partial charge in [-0.05, 0) is 117 Å². The molecular formula is C39H46F2N2O5Si2. The quantitative estimate of drug-likeness (QED) is 0.131. The molecule has 7 nitrogen and oxygen atoms in total. The van der Waals surface area contributed by atoms with Gasteiger partial charge in [-0.3, -0.25) is 4.79 Å². The number of amides is 2. The van der Waals surface area contributed by atoms with E-state index in [1.807, 2.05) is 54.6 Å². The lowest BCUT2D eigenvalue weighted by atomic mass is 9.91. The van der Waals surface area contributed by atoms with E-state index in [-0.39, 0.29) is 18.2 Å². The molecule has 4 aromatic rings. The molecule has 50 heavy (non-hydrogen) atoms. The van der Waals surface area contributed by atoms with Crippen molar-refractivity contribution in [3.8, 4) is 5.75 Å². The van der Waals surface area contributed by atoms with Crippen molar-refractivity contribution in [2.45, 2.75) is 70.3 Å². The van der Waals surface area contributed by atoms with E-state index < -0.39 is 52.7 Å². The van der Waals surface area contributed by atoms with Crippen LogP contribution in [-0.2, 0) is 14.0 Å². The van der Waals surface area contributed by atoms with Crippen LogP contribution in [0.3, 0.4) is 0 Å². The van der Waals surface area contributed by atoms with Crippen LogP contribution in [0.4, 0.5) is 19.3 Å². The number of imide groups is 1. The Morgan fingerprint density at radius 3 is 1.96 bits per heavy atom. The number of cyclic esters (lactones) is 1. The van der Waals surface area contributed by atoms with Crippen LogP contribution in [-0.4, -0.2) is 40.1 Å². The molecule has 1 aliphatic rings. The molecule has 0 spiro atoms. The van der Waals surface area contributed by atoms with E-state index >= 15 is 0 Å². The van der Waals surface area contributed by atoms with Gasteiger partial charge in [0.2, 0.25) is 14.2 Å². The van der Waals surface area contributed by atoms with Crippen LogP contribution in [0.15, 0.2) is 103 Å². The zero-order valence-electron chi connectivity index (χ0n) is 29.5. The Hall–Kier alpha value is -4.33. The molecule has 1 fully saturated rings. The average Bonchev–Trinajstić information content (AvgIpc) is 3.45. The third-order valence-electron chi connectivity index (χ3n) is 8.32. The van der Waals surface area contributed by atoms with Crippen LogP contribution < -0.4 is 9.74 Å². The number of nitrogens with zero attached hydrogens (tertiary/aromatic N) is 1. The lowest BCUT2D eigenvalue weighted by molar-refractivity contribution is -0.134. The number of hydrogen-bond acceptors (Lipinski definition) is 6. The largest absolute Gasteiger partial charge is 0.544 e. The number of halogens is 2. The minimum Gasteiger partial charge on any atom is -0.544 e. The Balaban J connectivity index is 1.58. The molecule has 0 radical (unpaired) electrons. The Morgan fingerprint density at radius 2 is 1.38 bits per heavy atom. The molecule has 2 amide bonds. The zero-order chi connectivity index (χ0) is 36.1. The Morgan fingerprint density at radius 1 is 0.800 bits per heavy atom. The number of hydrogen-bond donors (Lipinski definition) is 1. The van der Waals surface area contributed by atoms with Crippen LogP contribution in [0.25, 0.3) is 0 Å². The first-order valence-electron chi connectivity index (χ1n) is 17.0. The van der Waals surface area contributed by atoms with E-state index in [1.54, 1.807) is 24.3 Å². The number of carbonyl (C=O) groups is 2. The van der Waals surface area contributed by atoms with Crippen molar-refractivity contribution < 1.29 is 32.0 Å². The summed E-state index contributed by atoms with van der Waals surface area (Å²) in [7, 11) is -4.01. The molecule has 1 aliphatic heterocycles. The zero-order valence-corrected chi connectivity index (χ0v) is 31.5. The van der Waals surface area contributed by atoms with E-state index in [4.69, 9.17) is 13.6 Å². The van der Waals surface area contributed by atoms with Crippen LogP contribution in [0.2, 0.25) is 39.3 Å². The van der Waals surface area contributed by atoms with Gasteiger partial charge in [-0.1, -0.05) is 54.6 Å². The number of ether oxygens (including phenoxy) is 1. The highest BCUT2D eigenvalue weighted by molar-refractivity contribution is 6.70. The normalized spacial score (nSPS) is 16.8. The fourth-order valence-electron chi connectivity index (χ4n) is 6.16. The number of anilines is 1. The number of rotatable bonds is 14. The van der Waals surface area contributed by atoms with E-state index in [1.165, 1.54) is 29.2 Å². The molecule has 1 saturated heterocycles. The fourth-order valence-corrected chi connectivity index (χ4v) is 8.12. The van der Waals surface area contributed by atoms with Gasteiger partial charge >= 0.3 is 6.09 Å². The summed E-state index contributed by atoms with van der Waals surface area (Å²) in [6.45, 7) is 12.6. The SMILES string of the molecule is C[Si](C)(C)O[C@@H](CC[C@@H](C(=O)N1C(=O)OC[C@@H]1c1ccccc1)[C@H](Nc1ccc(F)cc1)[13c]1[13cH][13cH][13c](O[Si](C)(C)C)[13cH][13cH]1)c1ccc(F)cc1. The van der Waals surface area contributed by atoms with E-state index in [2.05, 4.69) is 44.6 Å². The molecule has 264 valence electrons. The van der Waals surface area contributed by atoms with Crippen molar-refractivity contribution >= 4 is 34.3 Å². The van der Waals surface area contributed by atoms with E-state index in [0.29, 0.717) is 18.5 Å². The lowest BCUT2D eigenvalue weighted by Gasteiger charge is -2.34. The molecule has 4 atom stereocenters. The molecular weight excluding hydrogens is 677 g/mol. The second-order valence-electron chi connectivity index (χ2n) is 14.6.